The Labute approximate surface area is 182 Å². The van der Waals surface area contributed by atoms with Crippen LogP contribution in [0.15, 0.2) is 79.0 Å². The average Bonchev–Trinajstić information content (AvgIpc) is 3.30. The van der Waals surface area contributed by atoms with Crippen LogP contribution in [-0.4, -0.2) is 9.55 Å². The normalized spacial score (nSPS) is 12.2. The highest BCUT2D eigenvalue weighted by molar-refractivity contribution is 5.81. The molecule has 5 aromatic rings. The van der Waals surface area contributed by atoms with E-state index in [0.29, 0.717) is 0 Å². The van der Waals surface area contributed by atoms with E-state index in [1.807, 2.05) is 0 Å². The highest BCUT2D eigenvalue weighted by Crippen LogP contribution is 2.37. The Morgan fingerprint density at radius 3 is 2.45 bits per heavy atom. The second kappa shape index (κ2) is 6.64. The van der Waals surface area contributed by atoms with Gasteiger partial charge in [-0.3, -0.25) is 4.57 Å². The zero-order valence-corrected chi connectivity index (χ0v) is 18.1. The van der Waals surface area contributed by atoms with E-state index >= 15 is 0 Å². The van der Waals surface area contributed by atoms with Gasteiger partial charge in [0, 0.05) is 23.6 Å². The lowest BCUT2D eigenvalue weighted by Crippen LogP contribution is -2.31. The summed E-state index contributed by atoms with van der Waals surface area (Å²) in [5.74, 6) is 1.13. The van der Waals surface area contributed by atoms with Crippen molar-refractivity contribution < 1.29 is 4.57 Å². The summed E-state index contributed by atoms with van der Waals surface area (Å²) in [6.45, 7) is 4.40. The molecule has 0 saturated carbocycles. The van der Waals surface area contributed by atoms with E-state index in [4.69, 9.17) is 4.98 Å². The molecule has 3 heteroatoms. The first-order valence-corrected chi connectivity index (χ1v) is 10.8. The maximum atomic E-state index is 4.88. The van der Waals surface area contributed by atoms with Crippen molar-refractivity contribution in [2.45, 2.75) is 20.3 Å². The Balaban J connectivity index is 1.52. The van der Waals surface area contributed by atoms with Gasteiger partial charge in [0.05, 0.1) is 16.7 Å². The molecule has 0 amide bonds. The second-order valence-electron chi connectivity index (χ2n) is 8.56. The van der Waals surface area contributed by atoms with Gasteiger partial charge in [-0.2, -0.15) is 0 Å². The number of rotatable bonds is 2. The summed E-state index contributed by atoms with van der Waals surface area (Å²) in [5, 5.41) is 0. The monoisotopic (exact) mass is 402 g/mol. The van der Waals surface area contributed by atoms with Gasteiger partial charge in [0.1, 0.15) is 12.9 Å². The van der Waals surface area contributed by atoms with Gasteiger partial charge in [-0.15, -0.1) is 0 Å². The summed E-state index contributed by atoms with van der Waals surface area (Å²) in [5.41, 5.74) is 12.5. The number of aryl methyl sites for hydroxylation is 3. The average molecular weight is 403 g/mol. The van der Waals surface area contributed by atoms with Crippen LogP contribution in [0.1, 0.15) is 22.5 Å². The van der Waals surface area contributed by atoms with Crippen molar-refractivity contribution in [2.24, 2.45) is 7.05 Å². The summed E-state index contributed by atoms with van der Waals surface area (Å²) in [6.07, 6.45) is 3.11. The van der Waals surface area contributed by atoms with Crippen molar-refractivity contribution in [1.82, 2.24) is 9.55 Å². The van der Waals surface area contributed by atoms with Crippen molar-refractivity contribution >= 4 is 11.0 Å². The molecule has 1 aliphatic heterocycles. The summed E-state index contributed by atoms with van der Waals surface area (Å²) in [6, 6.07) is 26.1. The lowest BCUT2D eigenvalue weighted by molar-refractivity contribution is -0.660. The van der Waals surface area contributed by atoms with Crippen molar-refractivity contribution in [3.8, 4) is 28.1 Å². The lowest BCUT2D eigenvalue weighted by Gasteiger charge is -2.12. The van der Waals surface area contributed by atoms with Crippen LogP contribution in [0.4, 0.5) is 0 Å². The number of hydrogen-bond donors (Lipinski definition) is 0. The van der Waals surface area contributed by atoms with Crippen LogP contribution in [0, 0.1) is 13.8 Å². The van der Waals surface area contributed by atoms with Gasteiger partial charge in [-0.25, -0.2) is 9.55 Å². The molecule has 31 heavy (non-hydrogen) atoms. The molecule has 2 aromatic heterocycles. The fraction of sp³-hybridized carbons (Fsp3) is 0.143. The van der Waals surface area contributed by atoms with E-state index in [1.54, 1.807) is 0 Å². The van der Waals surface area contributed by atoms with E-state index in [1.165, 1.54) is 50.3 Å². The molecule has 0 fully saturated rings. The molecule has 1 aliphatic rings. The molecule has 0 aliphatic carbocycles. The zero-order valence-electron chi connectivity index (χ0n) is 18.1. The fourth-order valence-corrected chi connectivity index (χ4v) is 4.98. The van der Waals surface area contributed by atoms with Crippen LogP contribution in [-0.2, 0) is 13.5 Å². The Hall–Kier alpha value is -3.72. The molecule has 0 atom stereocenters. The Morgan fingerprint density at radius 2 is 1.61 bits per heavy atom. The van der Waals surface area contributed by atoms with Crippen LogP contribution in [0.3, 0.4) is 0 Å². The summed E-state index contributed by atoms with van der Waals surface area (Å²) in [4.78, 5) is 4.88. The standard InChI is InChI=1S/C28H24N3/c1-18-13-26-21(15-28-29-24-11-7-8-12-25(24)31(26)28)14-23(18)27-16-22(19(2)17-30(27)3)20-9-5-4-6-10-20/h4-14,16-17H,15H2,1-3H3/q+1. The number of benzene rings is 3. The Bertz CT molecular complexity index is 1480. The molecule has 3 heterocycles. The van der Waals surface area contributed by atoms with E-state index in [0.717, 1.165) is 17.8 Å². The SMILES string of the molecule is Cc1c[n+](C)c(-c2cc3c(cc2C)-n2c(nc4ccccc42)C3)cc1-c1ccccc1. The molecular formula is C28H24N3+. The Morgan fingerprint density at radius 1 is 0.839 bits per heavy atom. The minimum atomic E-state index is 0.873. The first kappa shape index (κ1) is 18.1. The molecule has 3 aromatic carbocycles. The predicted molar refractivity (Wildman–Crippen MR) is 125 cm³/mol. The number of para-hydroxylation sites is 2. The molecule has 150 valence electrons. The number of hydrogen-bond acceptors (Lipinski definition) is 1. The molecule has 0 N–H and O–H groups in total. The topological polar surface area (TPSA) is 21.7 Å². The van der Waals surface area contributed by atoms with E-state index in [2.05, 4.69) is 109 Å². The lowest BCUT2D eigenvalue weighted by atomic mass is 9.95. The van der Waals surface area contributed by atoms with Gasteiger partial charge in [0.2, 0.25) is 5.69 Å². The quantitative estimate of drug-likeness (QED) is 0.340. The van der Waals surface area contributed by atoms with Crippen LogP contribution in [0.2, 0.25) is 0 Å². The third-order valence-corrected chi connectivity index (χ3v) is 6.48. The number of pyridine rings is 1. The fourth-order valence-electron chi connectivity index (χ4n) is 4.98. The summed E-state index contributed by atoms with van der Waals surface area (Å²) >= 11 is 0. The van der Waals surface area contributed by atoms with Crippen molar-refractivity contribution in [1.29, 1.82) is 0 Å². The van der Waals surface area contributed by atoms with Gasteiger partial charge in [0.25, 0.3) is 0 Å². The molecule has 0 saturated heterocycles. The maximum absolute atomic E-state index is 4.88. The number of imidazole rings is 1. The van der Waals surface area contributed by atoms with Gasteiger partial charge in [0.15, 0.2) is 6.20 Å². The minimum absolute atomic E-state index is 0.873. The molecule has 0 radical (unpaired) electrons. The third-order valence-electron chi connectivity index (χ3n) is 6.48. The highest BCUT2D eigenvalue weighted by Gasteiger charge is 2.26. The van der Waals surface area contributed by atoms with E-state index in [9.17, 15) is 0 Å². The van der Waals surface area contributed by atoms with Crippen LogP contribution in [0.5, 0.6) is 0 Å². The molecule has 0 spiro atoms. The van der Waals surface area contributed by atoms with Crippen LogP contribution >= 0.6 is 0 Å². The number of fused-ring (bicyclic) bond motifs is 5. The first-order valence-electron chi connectivity index (χ1n) is 10.8. The van der Waals surface area contributed by atoms with Gasteiger partial charge < -0.3 is 0 Å². The van der Waals surface area contributed by atoms with Crippen molar-refractivity contribution in [2.75, 3.05) is 0 Å². The number of nitrogens with zero attached hydrogens (tertiary/aromatic N) is 3. The molecule has 0 bridgehead atoms. The predicted octanol–water partition coefficient (Wildman–Crippen LogP) is 5.71. The molecule has 3 nitrogen and oxygen atoms in total. The van der Waals surface area contributed by atoms with Crippen LogP contribution in [0.25, 0.3) is 39.1 Å². The third kappa shape index (κ3) is 2.73. The number of aromatic nitrogens is 3. The first-order chi connectivity index (χ1) is 15.1. The molecule has 6 rings (SSSR count). The van der Waals surface area contributed by atoms with Crippen molar-refractivity contribution in [3.63, 3.8) is 0 Å². The Kier molecular flexibility index (Phi) is 3.87. The largest absolute Gasteiger partial charge is 0.296 e. The molecule has 0 unspecified atom stereocenters. The van der Waals surface area contributed by atoms with E-state index in [-0.39, 0.29) is 0 Å². The van der Waals surface area contributed by atoms with Gasteiger partial charge in [-0.1, -0.05) is 42.5 Å². The summed E-state index contributed by atoms with van der Waals surface area (Å²) in [7, 11) is 2.14. The zero-order chi connectivity index (χ0) is 21.1. The highest BCUT2D eigenvalue weighted by atomic mass is 15.1. The van der Waals surface area contributed by atoms with Crippen molar-refractivity contribution in [3.05, 3.63) is 102 Å². The minimum Gasteiger partial charge on any atom is -0.296 e. The second-order valence-corrected chi connectivity index (χ2v) is 8.56. The summed E-state index contributed by atoms with van der Waals surface area (Å²) < 4.78 is 4.57. The molecular weight excluding hydrogens is 378 g/mol. The van der Waals surface area contributed by atoms with Gasteiger partial charge in [-0.05, 0) is 60.4 Å². The maximum Gasteiger partial charge on any atom is 0.213 e. The van der Waals surface area contributed by atoms with E-state index < -0.39 is 0 Å². The van der Waals surface area contributed by atoms with Gasteiger partial charge >= 0.3 is 0 Å². The van der Waals surface area contributed by atoms with Crippen LogP contribution < -0.4 is 4.57 Å². The smallest absolute Gasteiger partial charge is 0.213 e.